The van der Waals surface area contributed by atoms with Crippen LogP contribution in [0.4, 0.5) is 0 Å². The molecule has 0 radical (unpaired) electrons. The third-order valence-corrected chi connectivity index (χ3v) is 2.41. The Labute approximate surface area is 76.5 Å². The lowest BCUT2D eigenvalue weighted by atomic mass is 10.3. The van der Waals surface area contributed by atoms with Gasteiger partial charge in [-0.2, -0.15) is 11.8 Å². The second kappa shape index (κ2) is 7.16. The summed E-state index contributed by atoms with van der Waals surface area (Å²) in [7, 11) is 0. The highest BCUT2D eigenvalue weighted by Crippen LogP contribution is 2.05. The predicted molar refractivity (Wildman–Crippen MR) is 49.5 cm³/mol. The number of carboxylic acid groups (broad SMARTS) is 1. The van der Waals surface area contributed by atoms with Crippen LogP contribution in [0.1, 0.15) is 26.2 Å². The molecule has 0 aliphatic carbocycles. The molecule has 0 saturated heterocycles. The molecule has 0 aromatic rings. The lowest BCUT2D eigenvalue weighted by Gasteiger charge is -1.96. The molecule has 0 amide bonds. The molecule has 0 fully saturated rings. The fourth-order valence-corrected chi connectivity index (χ4v) is 1.54. The molecule has 0 unspecified atom stereocenters. The van der Waals surface area contributed by atoms with Crippen molar-refractivity contribution in [2.45, 2.75) is 26.2 Å². The number of Topliss-reactive ketones (excluding diaryl/α,β-unsaturated/α-hetero) is 1. The first-order valence-corrected chi connectivity index (χ1v) is 5.17. The molecule has 0 aromatic carbocycles. The maximum absolute atomic E-state index is 10.6. The van der Waals surface area contributed by atoms with Crippen molar-refractivity contribution in [2.24, 2.45) is 0 Å². The van der Waals surface area contributed by atoms with E-state index in [0.717, 1.165) is 25.0 Å². The van der Waals surface area contributed by atoms with Gasteiger partial charge in [-0.05, 0) is 12.2 Å². The molecule has 0 saturated carbocycles. The third kappa shape index (κ3) is 6.22. The molecule has 0 bridgehead atoms. The lowest BCUT2D eigenvalue weighted by Crippen LogP contribution is -2.14. The second-order valence-electron chi connectivity index (χ2n) is 2.49. The lowest BCUT2D eigenvalue weighted by molar-refractivity contribution is -0.147. The van der Waals surface area contributed by atoms with Crippen molar-refractivity contribution in [1.82, 2.24) is 0 Å². The second-order valence-corrected chi connectivity index (χ2v) is 3.59. The van der Waals surface area contributed by atoms with E-state index >= 15 is 0 Å². The van der Waals surface area contributed by atoms with E-state index in [4.69, 9.17) is 5.11 Å². The molecule has 0 aliphatic heterocycles. The third-order valence-electron chi connectivity index (χ3n) is 1.36. The minimum atomic E-state index is -1.32. The van der Waals surface area contributed by atoms with Gasteiger partial charge >= 0.3 is 5.97 Å². The van der Waals surface area contributed by atoms with Crippen molar-refractivity contribution in [2.75, 3.05) is 11.5 Å². The van der Waals surface area contributed by atoms with E-state index in [-0.39, 0.29) is 5.75 Å². The number of aliphatic carboxylic acids is 1. The quantitative estimate of drug-likeness (QED) is 0.489. The van der Waals surface area contributed by atoms with Crippen LogP contribution < -0.4 is 0 Å². The monoisotopic (exact) mass is 190 g/mol. The highest BCUT2D eigenvalue weighted by molar-refractivity contribution is 8.00. The summed E-state index contributed by atoms with van der Waals surface area (Å²) in [5.74, 6) is -1.03. The molecule has 70 valence electrons. The number of rotatable bonds is 7. The minimum absolute atomic E-state index is 0.110. The van der Waals surface area contributed by atoms with Crippen molar-refractivity contribution in [3.63, 3.8) is 0 Å². The van der Waals surface area contributed by atoms with Crippen LogP contribution in [0.2, 0.25) is 0 Å². The summed E-state index contributed by atoms with van der Waals surface area (Å²) < 4.78 is 0. The Morgan fingerprint density at radius 1 is 1.33 bits per heavy atom. The summed E-state index contributed by atoms with van der Waals surface area (Å²) in [5.41, 5.74) is 0. The van der Waals surface area contributed by atoms with E-state index in [2.05, 4.69) is 6.92 Å². The number of carbonyl (C=O) groups excluding carboxylic acids is 1. The molecule has 0 aliphatic rings. The Morgan fingerprint density at radius 3 is 2.50 bits per heavy atom. The van der Waals surface area contributed by atoms with Gasteiger partial charge < -0.3 is 5.11 Å². The predicted octanol–water partition coefficient (Wildman–Crippen LogP) is 1.56. The zero-order chi connectivity index (χ0) is 9.40. The summed E-state index contributed by atoms with van der Waals surface area (Å²) in [4.78, 5) is 20.6. The molecular formula is C8H14O3S. The van der Waals surface area contributed by atoms with E-state index in [0.29, 0.717) is 0 Å². The van der Waals surface area contributed by atoms with Gasteiger partial charge in [0.2, 0.25) is 5.78 Å². The Morgan fingerprint density at radius 2 is 2.00 bits per heavy atom. The smallest absolute Gasteiger partial charge is 0.373 e. The van der Waals surface area contributed by atoms with Gasteiger partial charge in [0, 0.05) is 0 Å². The van der Waals surface area contributed by atoms with Crippen molar-refractivity contribution in [1.29, 1.82) is 0 Å². The van der Waals surface area contributed by atoms with Crippen LogP contribution in [0, 0.1) is 0 Å². The molecule has 3 nitrogen and oxygen atoms in total. The van der Waals surface area contributed by atoms with E-state index in [1.54, 1.807) is 0 Å². The van der Waals surface area contributed by atoms with E-state index in [1.165, 1.54) is 11.8 Å². The molecule has 1 N–H and O–H groups in total. The van der Waals surface area contributed by atoms with Crippen LogP contribution in [-0.2, 0) is 9.59 Å². The van der Waals surface area contributed by atoms with Gasteiger partial charge in [0.05, 0.1) is 5.75 Å². The maximum Gasteiger partial charge on any atom is 0.373 e. The average Bonchev–Trinajstić information content (AvgIpc) is 2.03. The highest BCUT2D eigenvalue weighted by Gasteiger charge is 2.09. The van der Waals surface area contributed by atoms with Crippen molar-refractivity contribution in [3.05, 3.63) is 0 Å². The van der Waals surface area contributed by atoms with Gasteiger partial charge in [0.1, 0.15) is 0 Å². The zero-order valence-electron chi connectivity index (χ0n) is 7.21. The molecule has 12 heavy (non-hydrogen) atoms. The number of hydrogen-bond acceptors (Lipinski definition) is 3. The zero-order valence-corrected chi connectivity index (χ0v) is 8.02. The van der Waals surface area contributed by atoms with Crippen LogP contribution in [0.15, 0.2) is 0 Å². The summed E-state index contributed by atoms with van der Waals surface area (Å²) in [6, 6.07) is 0. The van der Waals surface area contributed by atoms with Crippen LogP contribution >= 0.6 is 11.8 Å². The SMILES string of the molecule is CCCCCSCC(=O)C(=O)O. The number of thioether (sulfide) groups is 1. The molecule has 0 rings (SSSR count). The molecule has 0 atom stereocenters. The Bertz CT molecular complexity index is 156. The maximum atomic E-state index is 10.6. The Kier molecular flexibility index (Phi) is 6.85. The largest absolute Gasteiger partial charge is 0.475 e. The topological polar surface area (TPSA) is 54.4 Å². The number of unbranched alkanes of at least 4 members (excludes halogenated alkanes) is 2. The Balaban J connectivity index is 3.20. The number of ketones is 1. The van der Waals surface area contributed by atoms with E-state index < -0.39 is 11.8 Å². The van der Waals surface area contributed by atoms with Gasteiger partial charge in [0.25, 0.3) is 0 Å². The van der Waals surface area contributed by atoms with Gasteiger partial charge in [0.15, 0.2) is 0 Å². The van der Waals surface area contributed by atoms with E-state index in [1.807, 2.05) is 0 Å². The highest BCUT2D eigenvalue weighted by atomic mass is 32.2. The van der Waals surface area contributed by atoms with Gasteiger partial charge in [-0.1, -0.05) is 19.8 Å². The van der Waals surface area contributed by atoms with Crippen molar-refractivity contribution in [3.8, 4) is 0 Å². The van der Waals surface area contributed by atoms with Crippen molar-refractivity contribution >= 4 is 23.5 Å². The fourth-order valence-electron chi connectivity index (χ4n) is 0.681. The Hall–Kier alpha value is -0.510. The summed E-state index contributed by atoms with van der Waals surface area (Å²) in [5, 5.41) is 8.22. The minimum Gasteiger partial charge on any atom is -0.475 e. The molecule has 4 heteroatoms. The molecule has 0 heterocycles. The number of carboxylic acids is 1. The molecule has 0 aromatic heterocycles. The van der Waals surface area contributed by atoms with Gasteiger partial charge in [-0.3, -0.25) is 4.79 Å². The van der Waals surface area contributed by atoms with E-state index in [9.17, 15) is 9.59 Å². The van der Waals surface area contributed by atoms with Gasteiger partial charge in [-0.25, -0.2) is 4.79 Å². The molecule has 0 spiro atoms. The average molecular weight is 190 g/mol. The first-order valence-electron chi connectivity index (χ1n) is 4.02. The number of hydrogen-bond donors (Lipinski definition) is 1. The first-order chi connectivity index (χ1) is 5.68. The summed E-state index contributed by atoms with van der Waals surface area (Å²) in [6.45, 7) is 2.10. The first kappa shape index (κ1) is 11.5. The molecular weight excluding hydrogens is 176 g/mol. The summed E-state index contributed by atoms with van der Waals surface area (Å²) >= 11 is 1.40. The van der Waals surface area contributed by atoms with Crippen LogP contribution in [0.5, 0.6) is 0 Å². The number of carbonyl (C=O) groups is 2. The van der Waals surface area contributed by atoms with Crippen LogP contribution in [-0.4, -0.2) is 28.4 Å². The normalized spacial score (nSPS) is 9.75. The van der Waals surface area contributed by atoms with Crippen molar-refractivity contribution < 1.29 is 14.7 Å². The van der Waals surface area contributed by atoms with Gasteiger partial charge in [-0.15, -0.1) is 0 Å². The standard InChI is InChI=1S/C8H14O3S/c1-2-3-4-5-12-6-7(9)8(10)11/h2-6H2,1H3,(H,10,11). The fraction of sp³-hybridized carbons (Fsp3) is 0.750. The van der Waals surface area contributed by atoms with Crippen LogP contribution in [0.25, 0.3) is 0 Å². The summed E-state index contributed by atoms with van der Waals surface area (Å²) in [6.07, 6.45) is 3.36. The van der Waals surface area contributed by atoms with Crippen LogP contribution in [0.3, 0.4) is 0 Å².